The Hall–Kier alpha value is 0.496. The molecule has 0 spiro atoms. The standard InChI is InChI=1S/C5H14NO.C4H6O4.K/c1-6(2,3)4-5-7;5-3(6)1-2-4(7)8;/h7H,4-5H2,1-3H3;1-2H2,(H,5,6)(H,7,8);/q+1;;+1/p-2. The molecule has 16 heavy (non-hydrogen) atoms. The van der Waals surface area contributed by atoms with Gasteiger partial charge in [0.1, 0.15) is 6.54 Å². The Morgan fingerprint density at radius 1 is 1.06 bits per heavy atom. The smallest absolute Gasteiger partial charge is 0.550 e. The number of hydrogen-bond donors (Lipinski definition) is 1. The molecule has 0 aliphatic rings. The van der Waals surface area contributed by atoms with Crippen LogP contribution in [-0.4, -0.2) is 55.8 Å². The van der Waals surface area contributed by atoms with Crippen LogP contribution in [0.2, 0.25) is 0 Å². The molecule has 0 radical (unpaired) electrons. The summed E-state index contributed by atoms with van der Waals surface area (Å²) in [6.07, 6.45) is -0.940. The Balaban J connectivity index is -0.000000200. The number of rotatable bonds is 5. The fourth-order valence-electron chi connectivity index (χ4n) is 0.504. The van der Waals surface area contributed by atoms with Crippen molar-refractivity contribution in [1.29, 1.82) is 0 Å². The van der Waals surface area contributed by atoms with Crippen molar-refractivity contribution in [3.05, 3.63) is 0 Å². The van der Waals surface area contributed by atoms with E-state index >= 15 is 0 Å². The molecular weight excluding hydrogens is 241 g/mol. The number of aliphatic carboxylic acids is 2. The minimum absolute atomic E-state index is 0. The summed E-state index contributed by atoms with van der Waals surface area (Å²) in [5, 5.41) is 27.4. The molecule has 0 atom stereocenters. The van der Waals surface area contributed by atoms with Gasteiger partial charge in [-0.2, -0.15) is 0 Å². The number of carboxylic acids is 2. The summed E-state index contributed by atoms with van der Waals surface area (Å²) < 4.78 is 0.844. The van der Waals surface area contributed by atoms with Crippen LogP contribution in [0.1, 0.15) is 12.8 Å². The van der Waals surface area contributed by atoms with Crippen LogP contribution in [0.15, 0.2) is 0 Å². The maximum absolute atomic E-state index is 9.50. The molecule has 0 aromatic rings. The minimum atomic E-state index is -1.37. The van der Waals surface area contributed by atoms with Crippen LogP contribution >= 0.6 is 0 Å². The SMILES string of the molecule is C[N+](C)(C)CCO.O=C([O-])CCC(=O)[O-].[K+]. The van der Waals surface area contributed by atoms with Crippen molar-refractivity contribution in [2.45, 2.75) is 12.8 Å². The third-order valence-electron chi connectivity index (χ3n) is 1.30. The van der Waals surface area contributed by atoms with Crippen molar-refractivity contribution in [3.8, 4) is 0 Å². The number of carboxylic acid groups (broad SMARTS) is 2. The molecule has 0 aliphatic carbocycles. The molecule has 7 heteroatoms. The van der Waals surface area contributed by atoms with Crippen molar-refractivity contribution in [2.24, 2.45) is 0 Å². The summed E-state index contributed by atoms with van der Waals surface area (Å²) in [6, 6.07) is 0. The molecule has 0 aromatic heterocycles. The predicted molar refractivity (Wildman–Crippen MR) is 49.2 cm³/mol. The summed E-state index contributed by atoms with van der Waals surface area (Å²) in [5.74, 6) is -2.73. The van der Waals surface area contributed by atoms with E-state index in [9.17, 15) is 19.8 Å². The first-order chi connectivity index (χ1) is 6.69. The average Bonchev–Trinajstić information content (AvgIpc) is 1.99. The van der Waals surface area contributed by atoms with Crippen LogP contribution in [0.4, 0.5) is 0 Å². The van der Waals surface area contributed by atoms with Gasteiger partial charge in [0.05, 0.1) is 27.7 Å². The molecule has 6 nitrogen and oxygen atoms in total. The van der Waals surface area contributed by atoms with Crippen molar-refractivity contribution >= 4 is 11.9 Å². The molecule has 0 amide bonds. The zero-order valence-corrected chi connectivity index (χ0v) is 13.5. The Bertz CT molecular complexity index is 189. The van der Waals surface area contributed by atoms with Gasteiger partial charge in [-0.3, -0.25) is 0 Å². The van der Waals surface area contributed by atoms with Crippen molar-refractivity contribution in [3.63, 3.8) is 0 Å². The number of aliphatic hydroxyl groups is 1. The van der Waals surface area contributed by atoms with Gasteiger partial charge < -0.3 is 29.4 Å². The second-order valence-corrected chi connectivity index (χ2v) is 3.98. The van der Waals surface area contributed by atoms with Crippen LogP contribution < -0.4 is 61.6 Å². The quantitative estimate of drug-likeness (QED) is 0.391. The topological polar surface area (TPSA) is 100 Å². The Labute approximate surface area is 138 Å². The van der Waals surface area contributed by atoms with Gasteiger partial charge in [-0.15, -0.1) is 0 Å². The number of aliphatic hydroxyl groups excluding tert-OH is 1. The van der Waals surface area contributed by atoms with E-state index in [2.05, 4.69) is 21.1 Å². The molecular formula is C9H18KNO5. The van der Waals surface area contributed by atoms with E-state index in [0.717, 1.165) is 11.0 Å². The molecule has 0 fully saturated rings. The molecule has 0 saturated heterocycles. The van der Waals surface area contributed by atoms with Gasteiger partial charge in [0.15, 0.2) is 0 Å². The Morgan fingerprint density at radius 2 is 1.38 bits per heavy atom. The van der Waals surface area contributed by atoms with Gasteiger partial charge in [-0.05, 0) is 12.8 Å². The first-order valence-corrected chi connectivity index (χ1v) is 4.50. The molecule has 1 N–H and O–H groups in total. The molecule has 0 aromatic carbocycles. The van der Waals surface area contributed by atoms with E-state index in [0.29, 0.717) is 0 Å². The Morgan fingerprint density at radius 3 is 1.44 bits per heavy atom. The number of quaternary nitrogens is 1. The van der Waals surface area contributed by atoms with Gasteiger partial charge in [-0.25, -0.2) is 0 Å². The van der Waals surface area contributed by atoms with E-state index in [1.54, 1.807) is 0 Å². The number of hydrogen-bond acceptors (Lipinski definition) is 5. The molecule has 0 heterocycles. The van der Waals surface area contributed by atoms with E-state index in [-0.39, 0.29) is 58.0 Å². The molecule has 0 aliphatic heterocycles. The average molecular weight is 259 g/mol. The summed E-state index contributed by atoms with van der Waals surface area (Å²) in [4.78, 5) is 19.0. The fourth-order valence-corrected chi connectivity index (χ4v) is 0.504. The van der Waals surface area contributed by atoms with Crippen molar-refractivity contribution in [1.82, 2.24) is 0 Å². The van der Waals surface area contributed by atoms with Gasteiger partial charge in [-0.1, -0.05) is 0 Å². The van der Waals surface area contributed by atoms with Gasteiger partial charge >= 0.3 is 51.4 Å². The fraction of sp³-hybridized carbons (Fsp3) is 0.778. The predicted octanol–water partition coefficient (Wildman–Crippen LogP) is -6.04. The second kappa shape index (κ2) is 12.0. The van der Waals surface area contributed by atoms with Crippen LogP contribution in [0.25, 0.3) is 0 Å². The largest absolute Gasteiger partial charge is 1.00 e. The maximum Gasteiger partial charge on any atom is 1.00 e. The van der Waals surface area contributed by atoms with Crippen LogP contribution in [0, 0.1) is 0 Å². The number of likely N-dealkylation sites (N-methyl/N-ethyl adjacent to an activating group) is 1. The van der Waals surface area contributed by atoms with Crippen molar-refractivity contribution in [2.75, 3.05) is 34.3 Å². The Kier molecular flexibility index (Phi) is 16.3. The van der Waals surface area contributed by atoms with Gasteiger partial charge in [0.2, 0.25) is 0 Å². The summed E-state index contributed by atoms with van der Waals surface area (Å²) in [7, 11) is 6.16. The molecule has 90 valence electrons. The van der Waals surface area contributed by atoms with E-state index in [1.807, 2.05) is 0 Å². The molecule has 0 unspecified atom stereocenters. The number of carbonyl (C=O) groups is 2. The third kappa shape index (κ3) is 29.3. The zero-order valence-electron chi connectivity index (χ0n) is 10.4. The monoisotopic (exact) mass is 259 g/mol. The summed E-state index contributed by atoms with van der Waals surface area (Å²) >= 11 is 0. The third-order valence-corrected chi connectivity index (χ3v) is 1.30. The first kappa shape index (κ1) is 21.7. The van der Waals surface area contributed by atoms with E-state index < -0.39 is 24.8 Å². The van der Waals surface area contributed by atoms with Crippen LogP contribution in [0.5, 0.6) is 0 Å². The van der Waals surface area contributed by atoms with Gasteiger partial charge in [0.25, 0.3) is 0 Å². The normalized spacial score (nSPS) is 9.50. The number of nitrogens with zero attached hydrogens (tertiary/aromatic N) is 1. The van der Waals surface area contributed by atoms with Crippen molar-refractivity contribution < 1.29 is 80.8 Å². The van der Waals surface area contributed by atoms with E-state index in [1.165, 1.54) is 0 Å². The maximum atomic E-state index is 9.50. The first-order valence-electron chi connectivity index (χ1n) is 4.50. The molecule has 0 bridgehead atoms. The summed E-state index contributed by atoms with van der Waals surface area (Å²) in [6.45, 7) is 1.11. The second-order valence-electron chi connectivity index (χ2n) is 3.98. The van der Waals surface area contributed by atoms with Gasteiger partial charge in [0, 0.05) is 11.9 Å². The minimum Gasteiger partial charge on any atom is -0.550 e. The van der Waals surface area contributed by atoms with Crippen LogP contribution in [0.3, 0.4) is 0 Å². The van der Waals surface area contributed by atoms with E-state index in [4.69, 9.17) is 5.11 Å². The zero-order chi connectivity index (χ0) is 12.5. The molecule has 0 rings (SSSR count). The number of carbonyl (C=O) groups excluding carboxylic acids is 2. The summed E-state index contributed by atoms with van der Waals surface area (Å²) in [5.41, 5.74) is 0. The van der Waals surface area contributed by atoms with Crippen LogP contribution in [-0.2, 0) is 9.59 Å². The molecule has 0 saturated carbocycles.